The Bertz CT molecular complexity index is 50.0. The maximum atomic E-state index is 8.19. The highest BCUT2D eigenvalue weighted by molar-refractivity contribution is 4.68. The maximum Gasteiger partial charge on any atom is 0.0535 e. The van der Waals surface area contributed by atoms with Crippen LogP contribution in [0.1, 0.15) is 25.7 Å². The summed E-state index contributed by atoms with van der Waals surface area (Å²) in [6.07, 6.45) is 4.68. The number of nitrogens with zero attached hydrogens (tertiary/aromatic N) is 1. The smallest absolute Gasteiger partial charge is 0.0535 e. The molecule has 1 radical (unpaired) electrons. The topological polar surface area (TPSA) is 34.3 Å². The molecule has 1 N–H and O–H groups in total. The van der Waals surface area contributed by atoms with Crippen molar-refractivity contribution in [1.82, 2.24) is 5.48 Å². The lowest BCUT2D eigenvalue weighted by Gasteiger charge is -1.97. The van der Waals surface area contributed by atoms with Crippen molar-refractivity contribution in [2.75, 3.05) is 0 Å². The minimum absolute atomic E-state index is 0.278. The second kappa shape index (κ2) is 2.28. The predicted molar refractivity (Wildman–Crippen MR) is 26.2 cm³/mol. The Hall–Kier alpha value is -0.0800. The van der Waals surface area contributed by atoms with Crippen LogP contribution in [0.5, 0.6) is 0 Å². The van der Waals surface area contributed by atoms with Gasteiger partial charge < -0.3 is 0 Å². The van der Waals surface area contributed by atoms with Gasteiger partial charge in [-0.1, -0.05) is 18.3 Å². The Labute approximate surface area is 43.5 Å². The third-order valence-corrected chi connectivity index (χ3v) is 1.49. The minimum Gasteiger partial charge on any atom is -0.297 e. The highest BCUT2D eigenvalue weighted by Crippen LogP contribution is 2.17. The van der Waals surface area contributed by atoms with Crippen LogP contribution >= 0.6 is 0 Å². The van der Waals surface area contributed by atoms with E-state index in [9.17, 15) is 0 Å². The molecule has 7 heavy (non-hydrogen) atoms. The number of rotatable bonds is 1. The largest absolute Gasteiger partial charge is 0.297 e. The first-order valence-corrected chi connectivity index (χ1v) is 2.77. The van der Waals surface area contributed by atoms with Gasteiger partial charge in [-0.25, -0.2) is 0 Å². The molecule has 0 amide bonds. The van der Waals surface area contributed by atoms with E-state index in [0.717, 1.165) is 12.8 Å². The first kappa shape index (κ1) is 5.06. The number of hydrogen-bond acceptors (Lipinski definition) is 1. The fourth-order valence-corrected chi connectivity index (χ4v) is 1.02. The lowest BCUT2D eigenvalue weighted by molar-refractivity contribution is 0.117. The predicted octanol–water partition coefficient (Wildman–Crippen LogP) is 0.923. The molecule has 0 bridgehead atoms. The van der Waals surface area contributed by atoms with E-state index in [2.05, 4.69) is 5.48 Å². The maximum absolute atomic E-state index is 8.19. The molecule has 0 unspecified atom stereocenters. The summed E-state index contributed by atoms with van der Waals surface area (Å²) in [4.78, 5) is 0. The van der Waals surface area contributed by atoms with Gasteiger partial charge in [0.15, 0.2) is 0 Å². The van der Waals surface area contributed by atoms with Crippen molar-refractivity contribution in [3.63, 3.8) is 0 Å². The minimum atomic E-state index is 0.278. The molecule has 0 saturated heterocycles. The highest BCUT2D eigenvalue weighted by Gasteiger charge is 2.13. The summed E-state index contributed by atoms with van der Waals surface area (Å²) in [5.74, 6) is 0. The Balaban J connectivity index is 2.14. The van der Waals surface area contributed by atoms with Crippen LogP contribution in [0.4, 0.5) is 0 Å². The van der Waals surface area contributed by atoms with E-state index in [-0.39, 0.29) is 6.04 Å². The van der Waals surface area contributed by atoms with Crippen LogP contribution in [0, 0.1) is 0 Å². The first-order chi connectivity index (χ1) is 3.43. The van der Waals surface area contributed by atoms with E-state index >= 15 is 0 Å². The van der Waals surface area contributed by atoms with Gasteiger partial charge in [0.05, 0.1) is 6.04 Å². The highest BCUT2D eigenvalue weighted by atomic mass is 16.5. The van der Waals surface area contributed by atoms with Gasteiger partial charge in [-0.05, 0) is 12.8 Å². The van der Waals surface area contributed by atoms with Gasteiger partial charge in [-0.15, -0.1) is 0 Å². The van der Waals surface area contributed by atoms with Crippen molar-refractivity contribution >= 4 is 0 Å². The van der Waals surface area contributed by atoms with Crippen LogP contribution in [0.25, 0.3) is 0 Å². The number of hydroxylamine groups is 1. The van der Waals surface area contributed by atoms with Gasteiger partial charge in [0, 0.05) is 0 Å². The normalized spacial score (nSPS) is 23.6. The standard InChI is InChI=1S/C5H10NO/c7-6-5-3-1-2-4-5/h5,7H,1-4H2. The molecule has 1 fully saturated rings. The summed E-state index contributed by atoms with van der Waals surface area (Å²) in [5, 5.41) is 8.19. The Kier molecular flexibility index (Phi) is 1.65. The van der Waals surface area contributed by atoms with Crippen LogP contribution in [-0.4, -0.2) is 11.2 Å². The van der Waals surface area contributed by atoms with Crippen LogP contribution in [0.15, 0.2) is 0 Å². The van der Waals surface area contributed by atoms with E-state index < -0.39 is 0 Å². The van der Waals surface area contributed by atoms with Gasteiger partial charge in [0.2, 0.25) is 0 Å². The van der Waals surface area contributed by atoms with Crippen LogP contribution in [0.2, 0.25) is 0 Å². The monoisotopic (exact) mass is 100 g/mol. The quantitative estimate of drug-likeness (QED) is 0.488. The number of hydrogen-bond donors (Lipinski definition) is 1. The molecule has 0 aromatic heterocycles. The zero-order valence-electron chi connectivity index (χ0n) is 4.30. The third kappa shape index (κ3) is 1.14. The molecule has 0 aliphatic heterocycles. The molecule has 1 rings (SSSR count). The second-order valence-electron chi connectivity index (χ2n) is 2.05. The molecule has 0 atom stereocenters. The molecule has 2 heteroatoms. The van der Waals surface area contributed by atoms with Crippen molar-refractivity contribution in [2.24, 2.45) is 0 Å². The van der Waals surface area contributed by atoms with Crippen molar-refractivity contribution in [3.8, 4) is 0 Å². The molecule has 1 aliphatic carbocycles. The van der Waals surface area contributed by atoms with Gasteiger partial charge in [-0.3, -0.25) is 5.21 Å². The lowest BCUT2D eigenvalue weighted by Crippen LogP contribution is -2.13. The van der Waals surface area contributed by atoms with E-state index in [4.69, 9.17) is 5.21 Å². The fourth-order valence-electron chi connectivity index (χ4n) is 1.02. The van der Waals surface area contributed by atoms with Gasteiger partial charge in [0.1, 0.15) is 0 Å². The average Bonchev–Trinajstić information content (AvgIpc) is 2.14. The van der Waals surface area contributed by atoms with Crippen LogP contribution in [-0.2, 0) is 0 Å². The Morgan fingerprint density at radius 1 is 1.29 bits per heavy atom. The van der Waals surface area contributed by atoms with Gasteiger partial charge >= 0.3 is 0 Å². The molecule has 1 saturated carbocycles. The van der Waals surface area contributed by atoms with E-state index in [0.29, 0.717) is 0 Å². The molecular weight excluding hydrogens is 90.1 g/mol. The van der Waals surface area contributed by atoms with E-state index in [1.54, 1.807) is 0 Å². The van der Waals surface area contributed by atoms with Crippen molar-refractivity contribution < 1.29 is 5.21 Å². The Morgan fingerprint density at radius 2 is 1.86 bits per heavy atom. The summed E-state index contributed by atoms with van der Waals surface area (Å²) in [7, 11) is 0. The molecule has 1 aliphatic rings. The van der Waals surface area contributed by atoms with Crippen molar-refractivity contribution in [3.05, 3.63) is 0 Å². The fraction of sp³-hybridized carbons (Fsp3) is 1.00. The summed E-state index contributed by atoms with van der Waals surface area (Å²) in [6, 6.07) is 0.278. The summed E-state index contributed by atoms with van der Waals surface area (Å²) in [5.41, 5.74) is 3.19. The zero-order chi connectivity index (χ0) is 5.11. The van der Waals surface area contributed by atoms with Gasteiger partial charge in [-0.2, -0.15) is 0 Å². The summed E-state index contributed by atoms with van der Waals surface area (Å²) >= 11 is 0. The summed E-state index contributed by atoms with van der Waals surface area (Å²) < 4.78 is 0. The molecule has 2 nitrogen and oxygen atoms in total. The van der Waals surface area contributed by atoms with E-state index in [1.807, 2.05) is 0 Å². The van der Waals surface area contributed by atoms with Crippen molar-refractivity contribution in [1.29, 1.82) is 0 Å². The summed E-state index contributed by atoms with van der Waals surface area (Å²) in [6.45, 7) is 0. The third-order valence-electron chi connectivity index (χ3n) is 1.49. The molecular formula is C5H10NO. The molecule has 0 aromatic rings. The van der Waals surface area contributed by atoms with Gasteiger partial charge in [0.25, 0.3) is 0 Å². The van der Waals surface area contributed by atoms with Crippen LogP contribution in [0.3, 0.4) is 0 Å². The average molecular weight is 100 g/mol. The Morgan fingerprint density at radius 3 is 2.14 bits per heavy atom. The van der Waals surface area contributed by atoms with Crippen LogP contribution < -0.4 is 5.48 Å². The second-order valence-corrected chi connectivity index (χ2v) is 2.05. The van der Waals surface area contributed by atoms with Crippen molar-refractivity contribution in [2.45, 2.75) is 31.7 Å². The SMILES string of the molecule is O[N]C1CCCC1. The molecule has 41 valence electrons. The lowest BCUT2D eigenvalue weighted by atomic mass is 10.3. The molecule has 0 spiro atoms. The van der Waals surface area contributed by atoms with E-state index in [1.165, 1.54) is 12.8 Å². The first-order valence-electron chi connectivity index (χ1n) is 2.77. The molecule has 0 aromatic carbocycles. The molecule has 0 heterocycles. The zero-order valence-corrected chi connectivity index (χ0v) is 4.30.